The van der Waals surface area contributed by atoms with Crippen LogP contribution in [0.1, 0.15) is 16.8 Å². The molecule has 1 fully saturated rings. The van der Waals surface area contributed by atoms with Crippen molar-refractivity contribution < 1.29 is 28.7 Å². The summed E-state index contributed by atoms with van der Waals surface area (Å²) in [6.45, 7) is -0.376. The highest BCUT2D eigenvalue weighted by Crippen LogP contribution is 2.27. The molecule has 1 atom stereocenters. The fourth-order valence-electron chi connectivity index (χ4n) is 3.04. The molecular formula is C21H18BrClN2O6. The molecule has 1 saturated heterocycles. The Balaban J connectivity index is 1.54. The van der Waals surface area contributed by atoms with E-state index in [0.29, 0.717) is 22.0 Å². The highest BCUT2D eigenvalue weighted by atomic mass is 79.9. The third-order valence-electron chi connectivity index (χ3n) is 4.61. The molecule has 3 rings (SSSR count). The van der Waals surface area contributed by atoms with Crippen molar-refractivity contribution >= 4 is 62.7 Å². The zero-order chi connectivity index (χ0) is 22.5. The first-order valence-corrected chi connectivity index (χ1v) is 10.4. The second-order valence-corrected chi connectivity index (χ2v) is 8.05. The van der Waals surface area contributed by atoms with Gasteiger partial charge in [-0.3, -0.25) is 14.4 Å². The molecule has 1 aliphatic heterocycles. The van der Waals surface area contributed by atoms with Crippen molar-refractivity contribution in [3.63, 3.8) is 0 Å². The summed E-state index contributed by atoms with van der Waals surface area (Å²) >= 11 is 9.32. The van der Waals surface area contributed by atoms with Gasteiger partial charge >= 0.3 is 11.9 Å². The first-order valence-electron chi connectivity index (χ1n) is 9.18. The van der Waals surface area contributed by atoms with Gasteiger partial charge in [0.25, 0.3) is 5.91 Å². The van der Waals surface area contributed by atoms with Crippen molar-refractivity contribution in [2.45, 2.75) is 6.42 Å². The van der Waals surface area contributed by atoms with Crippen LogP contribution < -0.4 is 10.2 Å². The summed E-state index contributed by atoms with van der Waals surface area (Å²) in [5.74, 6) is -2.62. The largest absolute Gasteiger partial charge is 0.465 e. The normalized spacial score (nSPS) is 15.5. The minimum Gasteiger partial charge on any atom is -0.465 e. The van der Waals surface area contributed by atoms with Gasteiger partial charge in [-0.1, -0.05) is 27.5 Å². The highest BCUT2D eigenvalue weighted by Gasteiger charge is 2.36. The van der Waals surface area contributed by atoms with Crippen molar-refractivity contribution in [3.8, 4) is 0 Å². The third kappa shape index (κ3) is 5.62. The molecule has 31 heavy (non-hydrogen) atoms. The molecule has 0 aromatic heterocycles. The number of hydrogen-bond donors (Lipinski definition) is 1. The van der Waals surface area contributed by atoms with E-state index in [4.69, 9.17) is 16.3 Å². The number of carbonyl (C=O) groups is 4. The van der Waals surface area contributed by atoms with Gasteiger partial charge in [0.15, 0.2) is 6.61 Å². The molecule has 2 aromatic rings. The van der Waals surface area contributed by atoms with E-state index >= 15 is 0 Å². The van der Waals surface area contributed by atoms with Crippen molar-refractivity contribution in [1.82, 2.24) is 0 Å². The average molecular weight is 510 g/mol. The summed E-state index contributed by atoms with van der Waals surface area (Å²) in [6.07, 6.45) is -0.0300. The Labute approximate surface area is 191 Å². The molecule has 1 heterocycles. The number of benzene rings is 2. The molecule has 1 aliphatic rings. The monoisotopic (exact) mass is 508 g/mol. The predicted molar refractivity (Wildman–Crippen MR) is 117 cm³/mol. The first-order chi connectivity index (χ1) is 14.8. The van der Waals surface area contributed by atoms with E-state index in [-0.39, 0.29) is 18.9 Å². The number of hydrogen-bond acceptors (Lipinski definition) is 6. The number of anilines is 2. The van der Waals surface area contributed by atoms with Crippen LogP contribution in [-0.4, -0.2) is 44.0 Å². The van der Waals surface area contributed by atoms with Crippen LogP contribution in [0.25, 0.3) is 0 Å². The van der Waals surface area contributed by atoms with E-state index in [0.717, 1.165) is 4.47 Å². The molecule has 0 unspecified atom stereocenters. The van der Waals surface area contributed by atoms with Gasteiger partial charge in [-0.15, -0.1) is 0 Å². The van der Waals surface area contributed by atoms with E-state index in [1.165, 1.54) is 24.1 Å². The van der Waals surface area contributed by atoms with Gasteiger partial charge in [0, 0.05) is 23.1 Å². The van der Waals surface area contributed by atoms with Crippen molar-refractivity contribution in [2.75, 3.05) is 30.5 Å². The molecule has 0 spiro atoms. The Hall–Kier alpha value is -2.91. The van der Waals surface area contributed by atoms with Crippen LogP contribution in [0, 0.1) is 5.92 Å². The fraction of sp³-hybridized carbons (Fsp3) is 0.238. The Morgan fingerprint density at radius 1 is 1.19 bits per heavy atom. The average Bonchev–Trinajstić information content (AvgIpc) is 3.15. The molecule has 2 aromatic carbocycles. The molecule has 0 aliphatic carbocycles. The number of methoxy groups -OCH3 is 1. The molecule has 162 valence electrons. The summed E-state index contributed by atoms with van der Waals surface area (Å²) in [7, 11) is 1.28. The van der Waals surface area contributed by atoms with Gasteiger partial charge in [-0.05, 0) is 42.5 Å². The summed E-state index contributed by atoms with van der Waals surface area (Å²) in [4.78, 5) is 49.7. The van der Waals surface area contributed by atoms with Gasteiger partial charge in [0.05, 0.1) is 29.3 Å². The number of ether oxygens (including phenoxy) is 2. The highest BCUT2D eigenvalue weighted by molar-refractivity contribution is 9.10. The zero-order valence-electron chi connectivity index (χ0n) is 16.4. The molecule has 0 bridgehead atoms. The number of nitrogens with one attached hydrogen (secondary N) is 1. The third-order valence-corrected chi connectivity index (χ3v) is 5.42. The molecule has 0 radical (unpaired) electrons. The van der Waals surface area contributed by atoms with Crippen molar-refractivity contribution in [1.29, 1.82) is 0 Å². The maximum absolute atomic E-state index is 12.3. The lowest BCUT2D eigenvalue weighted by atomic mass is 10.1. The van der Waals surface area contributed by atoms with Crippen LogP contribution in [0.5, 0.6) is 0 Å². The zero-order valence-corrected chi connectivity index (χ0v) is 18.7. The van der Waals surface area contributed by atoms with E-state index in [2.05, 4.69) is 26.0 Å². The summed E-state index contributed by atoms with van der Waals surface area (Å²) in [5.41, 5.74) is 1.30. The number of carbonyl (C=O) groups excluding carboxylic acids is 4. The topological polar surface area (TPSA) is 102 Å². The van der Waals surface area contributed by atoms with Crippen LogP contribution in [0.4, 0.5) is 11.4 Å². The minimum absolute atomic E-state index is 0.0300. The predicted octanol–water partition coefficient (Wildman–Crippen LogP) is 3.42. The van der Waals surface area contributed by atoms with Crippen LogP contribution >= 0.6 is 27.5 Å². The Morgan fingerprint density at radius 3 is 2.55 bits per heavy atom. The number of amides is 2. The Morgan fingerprint density at radius 2 is 1.90 bits per heavy atom. The molecular weight excluding hydrogens is 492 g/mol. The second-order valence-electron chi connectivity index (χ2n) is 6.72. The lowest BCUT2D eigenvalue weighted by molar-refractivity contribution is -0.151. The summed E-state index contributed by atoms with van der Waals surface area (Å²) < 4.78 is 10.5. The first kappa shape index (κ1) is 22.8. The molecule has 10 heteroatoms. The molecule has 0 saturated carbocycles. The van der Waals surface area contributed by atoms with E-state index in [9.17, 15) is 19.2 Å². The number of esters is 2. The van der Waals surface area contributed by atoms with E-state index < -0.39 is 30.4 Å². The molecule has 8 nitrogen and oxygen atoms in total. The smallest absolute Gasteiger partial charge is 0.337 e. The number of nitrogens with zero attached hydrogens (tertiary/aromatic N) is 1. The van der Waals surface area contributed by atoms with Crippen LogP contribution in [0.3, 0.4) is 0 Å². The van der Waals surface area contributed by atoms with E-state index in [1.807, 2.05) is 0 Å². The van der Waals surface area contributed by atoms with Crippen LogP contribution in [-0.2, 0) is 23.9 Å². The number of rotatable bonds is 6. The minimum atomic E-state index is -0.697. The lowest BCUT2D eigenvalue weighted by Crippen LogP contribution is -2.28. The maximum Gasteiger partial charge on any atom is 0.337 e. The van der Waals surface area contributed by atoms with Gasteiger partial charge in [-0.2, -0.15) is 0 Å². The van der Waals surface area contributed by atoms with Crippen LogP contribution in [0.2, 0.25) is 5.02 Å². The standard InChI is InChI=1S/C21H18BrClN2O6/c1-30-20(28)12-2-5-15(6-3-12)25-10-13(8-19(25)27)21(29)31-11-18(26)24-17-7-4-14(22)9-16(17)23/h2-7,9,13H,8,10-11H2,1H3,(H,24,26)/t13-/m1/s1. The van der Waals surface area contributed by atoms with Crippen molar-refractivity contribution in [2.24, 2.45) is 5.92 Å². The van der Waals surface area contributed by atoms with E-state index in [1.54, 1.807) is 30.3 Å². The summed E-state index contributed by atoms with van der Waals surface area (Å²) in [5, 5.41) is 2.90. The van der Waals surface area contributed by atoms with Crippen LogP contribution in [0.15, 0.2) is 46.9 Å². The van der Waals surface area contributed by atoms with Gasteiger partial charge in [-0.25, -0.2) is 4.79 Å². The molecule has 1 N–H and O–H groups in total. The van der Waals surface area contributed by atoms with Gasteiger partial charge in [0.1, 0.15) is 0 Å². The SMILES string of the molecule is COC(=O)c1ccc(N2C[C@H](C(=O)OCC(=O)Nc3ccc(Br)cc3Cl)CC2=O)cc1. The Kier molecular flexibility index (Phi) is 7.29. The van der Waals surface area contributed by atoms with Crippen molar-refractivity contribution in [3.05, 3.63) is 57.5 Å². The Bertz CT molecular complexity index is 1030. The molecule has 2 amide bonds. The maximum atomic E-state index is 12.3. The summed E-state index contributed by atoms with van der Waals surface area (Å²) in [6, 6.07) is 11.2. The van der Waals surface area contributed by atoms with Gasteiger partial charge < -0.3 is 19.7 Å². The fourth-order valence-corrected chi connectivity index (χ4v) is 3.76. The number of halogens is 2. The lowest BCUT2D eigenvalue weighted by Gasteiger charge is -2.17. The van der Waals surface area contributed by atoms with Gasteiger partial charge in [0.2, 0.25) is 5.91 Å². The second kappa shape index (κ2) is 9.93. The quantitative estimate of drug-likeness (QED) is 0.599.